The highest BCUT2D eigenvalue weighted by atomic mass is 32.1. The van der Waals surface area contributed by atoms with Crippen molar-refractivity contribution in [3.05, 3.63) is 18.2 Å². The number of nitrogens with two attached hydrogens (primary N) is 1. The van der Waals surface area contributed by atoms with Crippen LogP contribution in [0.2, 0.25) is 0 Å². The number of aromatic nitrogens is 2. The van der Waals surface area contributed by atoms with Crippen LogP contribution >= 0.6 is 12.2 Å². The average molecular weight is 267 g/mol. The van der Waals surface area contributed by atoms with E-state index < -0.39 is 0 Å². The Kier molecular flexibility index (Phi) is 5.13. The molecule has 4 nitrogen and oxygen atoms in total. The first-order chi connectivity index (χ1) is 8.77. The number of imidazole rings is 1. The molecule has 100 valence electrons. The second kappa shape index (κ2) is 6.85. The highest BCUT2D eigenvalue weighted by Crippen LogP contribution is 2.20. The van der Waals surface area contributed by atoms with Crippen molar-refractivity contribution >= 4 is 17.2 Å². The largest absolute Gasteiger partial charge is 0.387 e. The van der Waals surface area contributed by atoms with Crippen molar-refractivity contribution in [1.82, 2.24) is 9.55 Å². The van der Waals surface area contributed by atoms with Gasteiger partial charge < -0.3 is 15.0 Å². The zero-order chi connectivity index (χ0) is 12.8. The summed E-state index contributed by atoms with van der Waals surface area (Å²) in [7, 11) is 0. The SMILES string of the molecule is NC(=S)c1nccn1CCCCC1CCOCC1. The number of hydrogen-bond acceptors (Lipinski definition) is 3. The van der Waals surface area contributed by atoms with E-state index in [1.165, 1.54) is 25.7 Å². The molecule has 1 saturated heterocycles. The van der Waals surface area contributed by atoms with Crippen LogP contribution in [0.15, 0.2) is 12.4 Å². The first kappa shape index (κ1) is 13.5. The number of rotatable bonds is 6. The molecule has 2 rings (SSSR count). The molecule has 2 N–H and O–H groups in total. The van der Waals surface area contributed by atoms with Crippen LogP contribution in [0.3, 0.4) is 0 Å². The van der Waals surface area contributed by atoms with Crippen LogP contribution in [0.25, 0.3) is 0 Å². The Morgan fingerprint density at radius 3 is 2.94 bits per heavy atom. The number of ether oxygens (including phenoxy) is 1. The maximum atomic E-state index is 5.61. The van der Waals surface area contributed by atoms with Gasteiger partial charge in [-0.15, -0.1) is 0 Å². The fraction of sp³-hybridized carbons (Fsp3) is 0.692. The maximum absolute atomic E-state index is 5.61. The summed E-state index contributed by atoms with van der Waals surface area (Å²) >= 11 is 4.97. The molecule has 0 spiro atoms. The van der Waals surface area contributed by atoms with Crippen LogP contribution in [0, 0.1) is 5.92 Å². The lowest BCUT2D eigenvalue weighted by Gasteiger charge is -2.21. The Morgan fingerprint density at radius 1 is 1.44 bits per heavy atom. The minimum absolute atomic E-state index is 0.379. The Labute approximate surface area is 114 Å². The molecule has 0 atom stereocenters. The molecule has 2 heterocycles. The Bertz CT molecular complexity index is 385. The second-order valence-corrected chi connectivity index (χ2v) is 5.30. The summed E-state index contributed by atoms with van der Waals surface area (Å²) in [6, 6.07) is 0. The molecule has 1 aromatic heterocycles. The Hall–Kier alpha value is -0.940. The lowest BCUT2D eigenvalue weighted by molar-refractivity contribution is 0.0630. The van der Waals surface area contributed by atoms with Gasteiger partial charge in [-0.3, -0.25) is 0 Å². The third-order valence-electron chi connectivity index (χ3n) is 3.54. The van der Waals surface area contributed by atoms with E-state index in [0.717, 1.165) is 37.9 Å². The number of unbranched alkanes of at least 4 members (excludes halogenated alkanes) is 1. The first-order valence-corrected chi connectivity index (χ1v) is 7.07. The van der Waals surface area contributed by atoms with Crippen LogP contribution in [0.5, 0.6) is 0 Å². The van der Waals surface area contributed by atoms with Crippen LogP contribution in [-0.4, -0.2) is 27.8 Å². The first-order valence-electron chi connectivity index (χ1n) is 6.66. The minimum atomic E-state index is 0.379. The van der Waals surface area contributed by atoms with Crippen molar-refractivity contribution < 1.29 is 4.74 Å². The monoisotopic (exact) mass is 267 g/mol. The topological polar surface area (TPSA) is 53.1 Å². The molecule has 1 aliphatic heterocycles. The quantitative estimate of drug-likeness (QED) is 0.633. The molecule has 0 bridgehead atoms. The van der Waals surface area contributed by atoms with E-state index in [9.17, 15) is 0 Å². The number of nitrogens with zero attached hydrogens (tertiary/aromatic N) is 2. The van der Waals surface area contributed by atoms with Crippen molar-refractivity contribution in [3.8, 4) is 0 Å². The molecular weight excluding hydrogens is 246 g/mol. The normalized spacial score (nSPS) is 16.9. The molecule has 0 radical (unpaired) electrons. The smallest absolute Gasteiger partial charge is 0.167 e. The molecule has 1 aromatic rings. The van der Waals surface area contributed by atoms with Gasteiger partial charge in [0.25, 0.3) is 0 Å². The fourth-order valence-electron chi connectivity index (χ4n) is 2.46. The van der Waals surface area contributed by atoms with Gasteiger partial charge in [0, 0.05) is 32.2 Å². The summed E-state index contributed by atoms with van der Waals surface area (Å²) < 4.78 is 7.41. The molecular formula is C13H21N3OS. The summed E-state index contributed by atoms with van der Waals surface area (Å²) in [5, 5.41) is 0. The number of aryl methyl sites for hydroxylation is 1. The summed E-state index contributed by atoms with van der Waals surface area (Å²) in [6.07, 6.45) is 9.87. The maximum Gasteiger partial charge on any atom is 0.167 e. The molecule has 18 heavy (non-hydrogen) atoms. The van der Waals surface area contributed by atoms with Crippen molar-refractivity contribution in [3.63, 3.8) is 0 Å². The zero-order valence-corrected chi connectivity index (χ0v) is 11.5. The lowest BCUT2D eigenvalue weighted by atomic mass is 9.94. The summed E-state index contributed by atoms with van der Waals surface area (Å²) in [4.78, 5) is 4.54. The van der Waals surface area contributed by atoms with Crippen LogP contribution in [0.4, 0.5) is 0 Å². The van der Waals surface area contributed by atoms with Gasteiger partial charge in [0.15, 0.2) is 5.82 Å². The van der Waals surface area contributed by atoms with Crippen molar-refractivity contribution in [2.75, 3.05) is 13.2 Å². The molecule has 0 amide bonds. The summed E-state index contributed by atoms with van der Waals surface area (Å²) in [6.45, 7) is 2.84. The Morgan fingerprint density at radius 2 is 2.22 bits per heavy atom. The van der Waals surface area contributed by atoms with E-state index >= 15 is 0 Å². The predicted molar refractivity (Wildman–Crippen MR) is 75.5 cm³/mol. The van der Waals surface area contributed by atoms with Gasteiger partial charge in [0.05, 0.1) is 0 Å². The van der Waals surface area contributed by atoms with E-state index in [4.69, 9.17) is 22.7 Å². The summed E-state index contributed by atoms with van der Waals surface area (Å²) in [5.41, 5.74) is 5.61. The highest BCUT2D eigenvalue weighted by Gasteiger charge is 2.13. The van der Waals surface area contributed by atoms with Crippen molar-refractivity contribution in [1.29, 1.82) is 0 Å². The van der Waals surface area contributed by atoms with Gasteiger partial charge in [-0.25, -0.2) is 4.98 Å². The minimum Gasteiger partial charge on any atom is -0.387 e. The molecule has 0 aliphatic carbocycles. The van der Waals surface area contributed by atoms with E-state index in [1.807, 2.05) is 10.8 Å². The van der Waals surface area contributed by atoms with Crippen LogP contribution < -0.4 is 5.73 Å². The van der Waals surface area contributed by atoms with E-state index in [-0.39, 0.29) is 0 Å². The number of hydrogen-bond donors (Lipinski definition) is 1. The van der Waals surface area contributed by atoms with Gasteiger partial charge in [0.2, 0.25) is 0 Å². The highest BCUT2D eigenvalue weighted by molar-refractivity contribution is 7.80. The molecule has 1 aliphatic rings. The van der Waals surface area contributed by atoms with E-state index in [1.54, 1.807) is 6.20 Å². The van der Waals surface area contributed by atoms with Crippen LogP contribution in [0.1, 0.15) is 37.9 Å². The molecule has 0 saturated carbocycles. The third kappa shape index (κ3) is 3.78. The van der Waals surface area contributed by atoms with Crippen molar-refractivity contribution in [2.24, 2.45) is 11.7 Å². The summed E-state index contributed by atoms with van der Waals surface area (Å²) in [5.74, 6) is 1.59. The average Bonchev–Trinajstić information content (AvgIpc) is 2.84. The van der Waals surface area contributed by atoms with Crippen LogP contribution in [-0.2, 0) is 11.3 Å². The van der Waals surface area contributed by atoms with E-state index in [2.05, 4.69) is 4.98 Å². The number of thiocarbonyl (C=S) groups is 1. The van der Waals surface area contributed by atoms with Gasteiger partial charge in [-0.1, -0.05) is 25.1 Å². The van der Waals surface area contributed by atoms with Gasteiger partial charge in [-0.05, 0) is 25.2 Å². The van der Waals surface area contributed by atoms with Crippen molar-refractivity contribution in [2.45, 2.75) is 38.6 Å². The fourth-order valence-corrected chi connectivity index (χ4v) is 2.63. The molecule has 0 unspecified atom stereocenters. The molecule has 5 heteroatoms. The zero-order valence-electron chi connectivity index (χ0n) is 10.7. The van der Waals surface area contributed by atoms with E-state index in [0.29, 0.717) is 4.99 Å². The molecule has 0 aromatic carbocycles. The molecule has 1 fully saturated rings. The van der Waals surface area contributed by atoms with Gasteiger partial charge in [-0.2, -0.15) is 0 Å². The lowest BCUT2D eigenvalue weighted by Crippen LogP contribution is -2.17. The predicted octanol–water partition coefficient (Wildman–Crippen LogP) is 2.11. The standard InChI is InChI=1S/C13H21N3OS/c14-12(18)13-15-6-8-16(13)7-2-1-3-11-4-9-17-10-5-11/h6,8,11H,1-5,7,9-10H2,(H2,14,18). The van der Waals surface area contributed by atoms with Gasteiger partial charge >= 0.3 is 0 Å². The second-order valence-electron chi connectivity index (χ2n) is 4.86. The third-order valence-corrected chi connectivity index (χ3v) is 3.72. The Balaban J connectivity index is 1.68. The van der Waals surface area contributed by atoms with Gasteiger partial charge in [0.1, 0.15) is 4.99 Å².